The Morgan fingerprint density at radius 1 is 1.26 bits per heavy atom. The third-order valence-corrected chi connectivity index (χ3v) is 8.37. The van der Waals surface area contributed by atoms with Gasteiger partial charge in [-0.3, -0.25) is 9.58 Å². The van der Waals surface area contributed by atoms with Crippen molar-refractivity contribution in [3.05, 3.63) is 41.1 Å². The first-order valence-electron chi connectivity index (χ1n) is 11.8. The van der Waals surface area contributed by atoms with Crippen molar-refractivity contribution >= 4 is 27.7 Å². The second-order valence-electron chi connectivity index (χ2n) is 9.23. The van der Waals surface area contributed by atoms with Gasteiger partial charge in [-0.2, -0.15) is 19.4 Å². The summed E-state index contributed by atoms with van der Waals surface area (Å²) >= 11 is 0. The SMILES string of the molecule is CCN(CC)CC[N+]1=C2C=CC(S(=O)(=O)NC3(CF)CC3)=CC2C(=O)N(Cc2cnn(C)c2)C1=O. The van der Waals surface area contributed by atoms with E-state index < -0.39 is 40.1 Å². The number of nitrogens with zero attached hydrogens (tertiary/aromatic N) is 5. The number of imide groups is 1. The molecule has 1 aliphatic heterocycles. The molecule has 1 aromatic rings. The summed E-state index contributed by atoms with van der Waals surface area (Å²) in [7, 11) is -2.28. The maximum atomic E-state index is 13.5. The molecule has 0 bridgehead atoms. The summed E-state index contributed by atoms with van der Waals surface area (Å²) in [6, 6.07) is -0.450. The van der Waals surface area contributed by atoms with Crippen LogP contribution in [0.1, 0.15) is 32.3 Å². The number of carbonyl (C=O) groups excluding carboxylic acids is 2. The highest BCUT2D eigenvalue weighted by Gasteiger charge is 2.50. The lowest BCUT2D eigenvalue weighted by molar-refractivity contribution is -0.440. The first-order chi connectivity index (χ1) is 16.6. The van der Waals surface area contributed by atoms with E-state index in [0.29, 0.717) is 37.2 Å². The van der Waals surface area contributed by atoms with Crippen LogP contribution < -0.4 is 4.72 Å². The maximum Gasteiger partial charge on any atom is 0.501 e. The van der Waals surface area contributed by atoms with Gasteiger partial charge >= 0.3 is 11.9 Å². The van der Waals surface area contributed by atoms with Gasteiger partial charge in [-0.15, -0.1) is 0 Å². The van der Waals surface area contributed by atoms with Crippen LogP contribution in [-0.4, -0.2) is 88.6 Å². The van der Waals surface area contributed by atoms with E-state index in [9.17, 15) is 22.4 Å². The molecule has 4 rings (SSSR count). The minimum absolute atomic E-state index is 0.0277. The molecule has 3 aliphatic rings. The fraction of sp³-hybridized carbons (Fsp3) is 0.565. The molecule has 1 N–H and O–H groups in total. The monoisotopic (exact) mass is 507 g/mol. The zero-order valence-electron chi connectivity index (χ0n) is 20.3. The van der Waals surface area contributed by atoms with E-state index in [1.807, 2.05) is 13.8 Å². The molecular formula is C23H32FN6O4S+. The third kappa shape index (κ3) is 5.14. The van der Waals surface area contributed by atoms with Crippen molar-refractivity contribution < 1.29 is 27.0 Å². The number of likely N-dealkylation sites (N-methyl/N-ethyl adjacent to an activating group) is 1. The van der Waals surface area contributed by atoms with Gasteiger partial charge in [0.05, 0.1) is 16.6 Å². The number of carbonyl (C=O) groups is 2. The number of alkyl halides is 1. The summed E-state index contributed by atoms with van der Waals surface area (Å²) in [5.74, 6) is -1.45. The molecule has 35 heavy (non-hydrogen) atoms. The van der Waals surface area contributed by atoms with Gasteiger partial charge in [-0.25, -0.2) is 22.3 Å². The number of rotatable bonds is 11. The van der Waals surface area contributed by atoms with Crippen molar-refractivity contribution in [2.75, 3.05) is 32.9 Å². The molecule has 12 heteroatoms. The zero-order chi connectivity index (χ0) is 25.4. The predicted octanol–water partition coefficient (Wildman–Crippen LogP) is 1.17. The normalized spacial score (nSPS) is 21.6. The van der Waals surface area contributed by atoms with E-state index in [4.69, 9.17) is 0 Å². The average Bonchev–Trinajstić information content (AvgIpc) is 3.48. The average molecular weight is 508 g/mol. The van der Waals surface area contributed by atoms with Gasteiger partial charge in [0.15, 0.2) is 0 Å². The molecule has 1 atom stereocenters. The van der Waals surface area contributed by atoms with Crippen LogP contribution in [0.2, 0.25) is 0 Å². The summed E-state index contributed by atoms with van der Waals surface area (Å²) < 4.78 is 44.9. The molecule has 0 saturated heterocycles. The zero-order valence-corrected chi connectivity index (χ0v) is 21.1. The van der Waals surface area contributed by atoms with Gasteiger partial charge < -0.3 is 0 Å². The van der Waals surface area contributed by atoms with Crippen LogP contribution >= 0.6 is 0 Å². The number of aryl methyl sites for hydroxylation is 1. The highest BCUT2D eigenvalue weighted by Crippen LogP contribution is 2.37. The minimum atomic E-state index is -4.03. The number of sulfonamides is 1. The van der Waals surface area contributed by atoms with E-state index in [1.54, 1.807) is 28.7 Å². The Morgan fingerprint density at radius 3 is 2.54 bits per heavy atom. The number of nitrogens with one attached hydrogen (secondary N) is 1. The van der Waals surface area contributed by atoms with Gasteiger partial charge in [-0.05, 0) is 44.2 Å². The van der Waals surface area contributed by atoms with E-state index >= 15 is 0 Å². The highest BCUT2D eigenvalue weighted by atomic mass is 32.2. The molecule has 0 spiro atoms. The van der Waals surface area contributed by atoms with Crippen LogP contribution in [0.3, 0.4) is 0 Å². The Morgan fingerprint density at radius 2 is 1.97 bits per heavy atom. The number of urea groups is 1. The lowest BCUT2D eigenvalue weighted by Gasteiger charge is -2.29. The van der Waals surface area contributed by atoms with Crippen molar-refractivity contribution in [2.45, 2.75) is 38.8 Å². The van der Waals surface area contributed by atoms with Gasteiger partial charge in [0.2, 0.25) is 10.0 Å². The quantitative estimate of drug-likeness (QED) is 0.451. The summed E-state index contributed by atoms with van der Waals surface area (Å²) in [6.07, 6.45) is 8.45. The van der Waals surface area contributed by atoms with Crippen molar-refractivity contribution in [3.8, 4) is 0 Å². The van der Waals surface area contributed by atoms with Crippen molar-refractivity contribution in [3.63, 3.8) is 0 Å². The second-order valence-corrected chi connectivity index (χ2v) is 10.9. The number of hydrogen-bond donors (Lipinski definition) is 1. The van der Waals surface area contributed by atoms with Crippen molar-refractivity contribution in [1.29, 1.82) is 0 Å². The van der Waals surface area contributed by atoms with Gasteiger partial charge in [0.1, 0.15) is 31.4 Å². The van der Waals surface area contributed by atoms with E-state index in [-0.39, 0.29) is 11.4 Å². The molecule has 1 aromatic heterocycles. The van der Waals surface area contributed by atoms with Gasteiger partial charge in [0, 0.05) is 25.4 Å². The largest absolute Gasteiger partial charge is 0.501 e. The summed E-state index contributed by atoms with van der Waals surface area (Å²) in [5.41, 5.74) is 0.0802. The molecule has 1 unspecified atom stereocenters. The van der Waals surface area contributed by atoms with Crippen molar-refractivity contribution in [2.24, 2.45) is 13.0 Å². The standard InChI is InChI=1S/C23H32FN6O4S/c1-4-28(5-2)10-11-29-20-7-6-18(35(33,34)26-23(16-24)8-9-23)12-19(20)21(31)30(22(29)32)15-17-13-25-27(3)14-17/h6-7,12-14,19,26H,4-5,8-11,15-16H2,1-3H3/q+1. The molecule has 10 nitrogen and oxygen atoms in total. The van der Waals surface area contributed by atoms with Gasteiger partial charge in [0.25, 0.3) is 0 Å². The van der Waals surface area contributed by atoms with Crippen LogP contribution in [0.5, 0.6) is 0 Å². The summed E-state index contributed by atoms with van der Waals surface area (Å²) in [6.45, 7) is 5.90. The molecule has 0 aromatic carbocycles. The molecule has 2 heterocycles. The van der Waals surface area contributed by atoms with Crippen LogP contribution in [0.15, 0.2) is 35.5 Å². The fourth-order valence-electron chi connectivity index (χ4n) is 4.37. The first-order valence-corrected chi connectivity index (χ1v) is 13.3. The lowest BCUT2D eigenvalue weighted by Crippen LogP contribution is -2.55. The Bertz CT molecular complexity index is 1210. The molecule has 2 aliphatic carbocycles. The van der Waals surface area contributed by atoms with E-state index in [1.165, 1.54) is 18.2 Å². The topological polar surface area (TPSA) is 108 Å². The number of hydrogen-bond acceptors (Lipinski definition) is 6. The Balaban J connectivity index is 1.68. The summed E-state index contributed by atoms with van der Waals surface area (Å²) in [4.78, 5) is 30.1. The number of aromatic nitrogens is 2. The molecular weight excluding hydrogens is 475 g/mol. The van der Waals surface area contributed by atoms with Crippen LogP contribution in [0.25, 0.3) is 0 Å². The van der Waals surface area contributed by atoms with Gasteiger partial charge in [-0.1, -0.05) is 13.8 Å². The Hall–Kier alpha value is -2.70. The minimum Gasteiger partial charge on any atom is -0.300 e. The molecule has 1 fully saturated rings. The second kappa shape index (κ2) is 9.75. The number of halogens is 1. The van der Waals surface area contributed by atoms with Crippen LogP contribution in [0.4, 0.5) is 9.18 Å². The van der Waals surface area contributed by atoms with Crippen molar-refractivity contribution in [1.82, 2.24) is 24.3 Å². The molecule has 1 saturated carbocycles. The van der Waals surface area contributed by atoms with E-state index in [2.05, 4.69) is 14.7 Å². The Kier molecular flexibility index (Phi) is 7.07. The molecule has 190 valence electrons. The number of fused-ring (bicyclic) bond motifs is 1. The first kappa shape index (κ1) is 25.4. The smallest absolute Gasteiger partial charge is 0.300 e. The Labute approximate surface area is 204 Å². The van der Waals surface area contributed by atoms with Crippen LogP contribution in [-0.2, 0) is 28.4 Å². The maximum absolute atomic E-state index is 13.5. The molecule has 3 amide bonds. The van der Waals surface area contributed by atoms with Crippen LogP contribution in [0, 0.1) is 5.92 Å². The third-order valence-electron chi connectivity index (χ3n) is 6.78. The predicted molar refractivity (Wildman–Crippen MR) is 128 cm³/mol. The fourth-order valence-corrected chi connectivity index (χ4v) is 5.88. The highest BCUT2D eigenvalue weighted by molar-refractivity contribution is 7.93. The molecule has 0 radical (unpaired) electrons. The lowest BCUT2D eigenvalue weighted by atomic mass is 9.94. The summed E-state index contributed by atoms with van der Waals surface area (Å²) in [5, 5.41) is 4.11. The number of amides is 3. The number of allylic oxidation sites excluding steroid dienone is 2. The van der Waals surface area contributed by atoms with E-state index in [0.717, 1.165) is 18.0 Å².